The summed E-state index contributed by atoms with van der Waals surface area (Å²) in [7, 11) is 1.58. The molecule has 1 heterocycles. The number of nitrogens with one attached hydrogen (secondary N) is 3. The van der Waals surface area contributed by atoms with Crippen LogP contribution in [0.2, 0.25) is 0 Å². The highest BCUT2D eigenvalue weighted by molar-refractivity contribution is 5.97. The standard InChI is InChI=1S/C16H18N6O2/c1-18-15(24)9-2-4-11(5-3-9)21-16-19-8-12(13(17)23)14(22-16)20-10-6-7-10/h2-5,8,10H,6-7H2,1H3,(H2,17,23)(H,18,24)(H2,19,20,21,22). The van der Waals surface area contributed by atoms with Crippen LogP contribution in [-0.4, -0.2) is 34.9 Å². The van der Waals surface area contributed by atoms with Crippen LogP contribution in [0, 0.1) is 0 Å². The maximum atomic E-state index is 11.5. The van der Waals surface area contributed by atoms with Gasteiger partial charge in [0.2, 0.25) is 5.95 Å². The normalized spacial score (nSPS) is 13.2. The number of amides is 2. The SMILES string of the molecule is CNC(=O)c1ccc(Nc2ncc(C(N)=O)c(NC3CC3)n2)cc1. The van der Waals surface area contributed by atoms with Gasteiger partial charge in [-0.3, -0.25) is 9.59 Å². The lowest BCUT2D eigenvalue weighted by Gasteiger charge is -2.11. The number of hydrogen-bond donors (Lipinski definition) is 4. The summed E-state index contributed by atoms with van der Waals surface area (Å²) in [6, 6.07) is 7.23. The van der Waals surface area contributed by atoms with E-state index in [9.17, 15) is 9.59 Å². The zero-order chi connectivity index (χ0) is 17.1. The molecule has 1 saturated carbocycles. The Bertz CT molecular complexity index is 771. The number of primary amides is 1. The quantitative estimate of drug-likeness (QED) is 0.634. The number of carbonyl (C=O) groups is 2. The fourth-order valence-electron chi connectivity index (χ4n) is 2.13. The monoisotopic (exact) mass is 326 g/mol. The third-order valence-electron chi connectivity index (χ3n) is 3.60. The number of hydrogen-bond acceptors (Lipinski definition) is 6. The summed E-state index contributed by atoms with van der Waals surface area (Å²) >= 11 is 0. The highest BCUT2D eigenvalue weighted by Gasteiger charge is 2.24. The minimum atomic E-state index is -0.570. The van der Waals surface area contributed by atoms with E-state index in [0.717, 1.165) is 18.5 Å². The molecule has 0 saturated heterocycles. The van der Waals surface area contributed by atoms with Gasteiger partial charge in [-0.15, -0.1) is 0 Å². The van der Waals surface area contributed by atoms with Crippen molar-refractivity contribution in [3.8, 4) is 0 Å². The van der Waals surface area contributed by atoms with Gasteiger partial charge in [-0.2, -0.15) is 4.98 Å². The molecule has 0 radical (unpaired) electrons. The van der Waals surface area contributed by atoms with Crippen molar-refractivity contribution in [1.82, 2.24) is 15.3 Å². The van der Waals surface area contributed by atoms with Crippen molar-refractivity contribution in [2.45, 2.75) is 18.9 Å². The Labute approximate surface area is 138 Å². The maximum Gasteiger partial charge on any atom is 0.254 e. The van der Waals surface area contributed by atoms with Gasteiger partial charge in [0.05, 0.1) is 5.56 Å². The van der Waals surface area contributed by atoms with Gasteiger partial charge in [0, 0.05) is 30.5 Å². The molecule has 0 aliphatic heterocycles. The second-order valence-corrected chi connectivity index (χ2v) is 5.52. The van der Waals surface area contributed by atoms with Gasteiger partial charge >= 0.3 is 0 Å². The molecule has 1 aliphatic rings. The number of nitrogens with two attached hydrogens (primary N) is 1. The van der Waals surface area contributed by atoms with Crippen LogP contribution >= 0.6 is 0 Å². The third kappa shape index (κ3) is 3.60. The molecule has 8 nitrogen and oxygen atoms in total. The molecule has 2 amide bonds. The first kappa shape index (κ1) is 15.7. The Morgan fingerprint density at radius 2 is 1.92 bits per heavy atom. The first-order valence-corrected chi connectivity index (χ1v) is 7.59. The first-order chi connectivity index (χ1) is 11.6. The Balaban J connectivity index is 1.79. The average Bonchev–Trinajstić information content (AvgIpc) is 3.39. The van der Waals surface area contributed by atoms with Gasteiger partial charge in [-0.25, -0.2) is 4.98 Å². The summed E-state index contributed by atoms with van der Waals surface area (Å²) in [6.45, 7) is 0. The maximum absolute atomic E-state index is 11.5. The number of aromatic nitrogens is 2. The van der Waals surface area contributed by atoms with E-state index in [1.807, 2.05) is 0 Å². The topological polar surface area (TPSA) is 122 Å². The molecule has 1 aromatic carbocycles. The smallest absolute Gasteiger partial charge is 0.254 e. The molecule has 5 N–H and O–H groups in total. The molecule has 24 heavy (non-hydrogen) atoms. The van der Waals surface area contributed by atoms with Crippen LogP contribution in [0.15, 0.2) is 30.5 Å². The van der Waals surface area contributed by atoms with E-state index in [1.165, 1.54) is 6.20 Å². The van der Waals surface area contributed by atoms with Gasteiger partial charge in [0.1, 0.15) is 5.82 Å². The number of anilines is 3. The van der Waals surface area contributed by atoms with Gasteiger partial charge in [-0.05, 0) is 37.1 Å². The zero-order valence-electron chi connectivity index (χ0n) is 13.2. The van der Waals surface area contributed by atoms with E-state index >= 15 is 0 Å². The Morgan fingerprint density at radius 3 is 2.50 bits per heavy atom. The molecule has 124 valence electrons. The number of carbonyl (C=O) groups excluding carboxylic acids is 2. The van der Waals surface area contributed by atoms with E-state index in [2.05, 4.69) is 25.9 Å². The Kier molecular flexibility index (Phi) is 4.28. The van der Waals surface area contributed by atoms with Crippen LogP contribution in [0.1, 0.15) is 33.6 Å². The summed E-state index contributed by atoms with van der Waals surface area (Å²) < 4.78 is 0. The number of nitrogens with zero attached hydrogens (tertiary/aromatic N) is 2. The summed E-state index contributed by atoms with van der Waals surface area (Å²) in [5.74, 6) is 0.0551. The van der Waals surface area contributed by atoms with E-state index in [-0.39, 0.29) is 11.5 Å². The molecular weight excluding hydrogens is 308 g/mol. The molecule has 8 heteroatoms. The van der Waals surface area contributed by atoms with E-state index in [0.29, 0.717) is 23.4 Å². The fraction of sp³-hybridized carbons (Fsp3) is 0.250. The highest BCUT2D eigenvalue weighted by atomic mass is 16.1. The summed E-state index contributed by atoms with van der Waals surface area (Å²) in [5.41, 5.74) is 6.91. The summed E-state index contributed by atoms with van der Waals surface area (Å²) in [6.07, 6.45) is 3.50. The van der Waals surface area contributed by atoms with E-state index in [1.54, 1.807) is 31.3 Å². The summed E-state index contributed by atoms with van der Waals surface area (Å²) in [5, 5.41) is 8.78. The number of rotatable bonds is 6. The van der Waals surface area contributed by atoms with E-state index < -0.39 is 5.91 Å². The zero-order valence-corrected chi connectivity index (χ0v) is 13.2. The van der Waals surface area contributed by atoms with Crippen molar-refractivity contribution in [2.24, 2.45) is 5.73 Å². The van der Waals surface area contributed by atoms with E-state index in [4.69, 9.17) is 5.73 Å². The lowest BCUT2D eigenvalue weighted by Crippen LogP contribution is -2.18. The van der Waals surface area contributed by atoms with Crippen molar-refractivity contribution < 1.29 is 9.59 Å². The fourth-order valence-corrected chi connectivity index (χ4v) is 2.13. The molecule has 1 aromatic heterocycles. The second kappa shape index (κ2) is 6.53. The highest BCUT2D eigenvalue weighted by Crippen LogP contribution is 2.26. The van der Waals surface area contributed by atoms with Crippen molar-refractivity contribution >= 4 is 29.3 Å². The van der Waals surface area contributed by atoms with Gasteiger partial charge in [-0.1, -0.05) is 0 Å². The minimum absolute atomic E-state index is 0.153. The molecule has 2 aromatic rings. The average molecular weight is 326 g/mol. The lowest BCUT2D eigenvalue weighted by atomic mass is 10.2. The molecule has 0 atom stereocenters. The molecule has 0 bridgehead atoms. The molecule has 1 fully saturated rings. The van der Waals surface area contributed by atoms with Crippen molar-refractivity contribution in [3.63, 3.8) is 0 Å². The van der Waals surface area contributed by atoms with Crippen LogP contribution in [0.25, 0.3) is 0 Å². The first-order valence-electron chi connectivity index (χ1n) is 7.59. The predicted molar refractivity (Wildman–Crippen MR) is 90.3 cm³/mol. The largest absolute Gasteiger partial charge is 0.367 e. The number of benzene rings is 1. The minimum Gasteiger partial charge on any atom is -0.367 e. The molecule has 3 rings (SSSR count). The van der Waals surface area contributed by atoms with Crippen LogP contribution in [0.3, 0.4) is 0 Å². The van der Waals surface area contributed by atoms with Crippen molar-refractivity contribution in [1.29, 1.82) is 0 Å². The molecular formula is C16H18N6O2. The lowest BCUT2D eigenvalue weighted by molar-refractivity contribution is 0.0961. The van der Waals surface area contributed by atoms with Crippen LogP contribution in [0.5, 0.6) is 0 Å². The second-order valence-electron chi connectivity index (χ2n) is 5.52. The van der Waals surface area contributed by atoms with Gasteiger partial charge < -0.3 is 21.7 Å². The van der Waals surface area contributed by atoms with Crippen molar-refractivity contribution in [2.75, 3.05) is 17.7 Å². The van der Waals surface area contributed by atoms with Crippen LogP contribution in [-0.2, 0) is 0 Å². The predicted octanol–water partition coefficient (Wildman–Crippen LogP) is 1.25. The Morgan fingerprint density at radius 1 is 1.21 bits per heavy atom. The van der Waals surface area contributed by atoms with Gasteiger partial charge in [0.15, 0.2) is 0 Å². The van der Waals surface area contributed by atoms with Crippen molar-refractivity contribution in [3.05, 3.63) is 41.6 Å². The molecule has 0 unspecified atom stereocenters. The summed E-state index contributed by atoms with van der Waals surface area (Å²) in [4.78, 5) is 31.4. The van der Waals surface area contributed by atoms with Gasteiger partial charge in [0.25, 0.3) is 11.8 Å². The molecule has 1 aliphatic carbocycles. The third-order valence-corrected chi connectivity index (χ3v) is 3.60. The molecule has 0 spiro atoms. The van der Waals surface area contributed by atoms with Crippen LogP contribution < -0.4 is 21.7 Å². The van der Waals surface area contributed by atoms with Crippen LogP contribution in [0.4, 0.5) is 17.5 Å². The Hall–Kier alpha value is -3.16.